The first kappa shape index (κ1) is 37.9. The third-order valence-electron chi connectivity index (χ3n) is 4.62. The lowest BCUT2D eigenvalue weighted by molar-refractivity contribution is -0.483. The van der Waals surface area contributed by atoms with E-state index in [0.717, 1.165) is 0 Å². The lowest BCUT2D eigenvalue weighted by Gasteiger charge is -2.46. The van der Waals surface area contributed by atoms with E-state index in [2.05, 4.69) is 0 Å². The molecule has 0 atom stereocenters. The third kappa shape index (κ3) is 4.12. The molecule has 0 aromatic heterocycles. The van der Waals surface area contributed by atoms with E-state index in [1.807, 2.05) is 0 Å². The monoisotopic (exact) mass is 666 g/mol. The fourth-order valence-electron chi connectivity index (χ4n) is 2.24. The molecule has 240 valence electrons. The molecular formula is C13F26O. The molecule has 0 N–H and O–H groups in total. The summed E-state index contributed by atoms with van der Waals surface area (Å²) in [7, 11) is 0. The summed E-state index contributed by atoms with van der Waals surface area (Å²) in [5.74, 6) is -84.0. The summed E-state index contributed by atoms with van der Waals surface area (Å²) in [6.07, 6.45) is -17.3. The maximum Gasteiger partial charge on any atom is 0.438 e. The zero-order valence-electron chi connectivity index (χ0n) is 16.7. The topological polar surface area (TPSA) is 17.1 Å². The molecule has 0 bridgehead atoms. The highest BCUT2D eigenvalue weighted by Gasteiger charge is 3.00. The van der Waals surface area contributed by atoms with Gasteiger partial charge in [0.15, 0.2) is 0 Å². The van der Waals surface area contributed by atoms with Gasteiger partial charge in [0.25, 0.3) is 0 Å². The van der Waals surface area contributed by atoms with Crippen LogP contribution in [0.25, 0.3) is 0 Å². The summed E-state index contributed by atoms with van der Waals surface area (Å²) in [6.45, 7) is 0. The number of carbonyl (C=O) groups excluding carboxylic acids is 1. The smallest absolute Gasteiger partial charge is 0.254 e. The van der Waals surface area contributed by atoms with Gasteiger partial charge in [-0.2, -0.15) is 110 Å². The lowest BCUT2D eigenvalue weighted by atomic mass is 9.82. The highest BCUT2D eigenvalue weighted by atomic mass is 19.4. The van der Waals surface area contributed by atoms with Crippen molar-refractivity contribution in [2.45, 2.75) is 71.3 Å². The molecule has 0 unspecified atom stereocenters. The highest BCUT2D eigenvalue weighted by Crippen LogP contribution is 2.68. The Morgan fingerprint density at radius 2 is 0.475 bits per heavy atom. The molecule has 27 heteroatoms. The second kappa shape index (κ2) is 8.92. The Bertz CT molecular complexity index is 948. The molecular weight excluding hydrogens is 666 g/mol. The van der Waals surface area contributed by atoms with Crippen LogP contribution in [0.4, 0.5) is 114 Å². The van der Waals surface area contributed by atoms with Crippen LogP contribution in [0.15, 0.2) is 0 Å². The molecule has 0 aromatic carbocycles. The second-order valence-corrected chi connectivity index (χ2v) is 7.10. The van der Waals surface area contributed by atoms with Crippen LogP contribution < -0.4 is 0 Å². The first-order valence-electron chi connectivity index (χ1n) is 8.12. The van der Waals surface area contributed by atoms with E-state index in [-0.39, 0.29) is 0 Å². The second-order valence-electron chi connectivity index (χ2n) is 7.10. The van der Waals surface area contributed by atoms with Gasteiger partial charge in [-0.3, -0.25) is 4.79 Å². The van der Waals surface area contributed by atoms with Gasteiger partial charge in [-0.25, -0.2) is 4.39 Å². The Kier molecular flexibility index (Phi) is 8.44. The molecule has 0 aliphatic carbocycles. The maximum absolute atomic E-state index is 13.5. The van der Waals surface area contributed by atoms with Crippen molar-refractivity contribution in [3.8, 4) is 0 Å². The van der Waals surface area contributed by atoms with Crippen molar-refractivity contribution < 1.29 is 119 Å². The van der Waals surface area contributed by atoms with Crippen molar-refractivity contribution in [3.63, 3.8) is 0 Å². The minimum atomic E-state index is -9.77. The number of alkyl halides is 25. The summed E-state index contributed by atoms with van der Waals surface area (Å²) in [4.78, 5) is 9.66. The maximum atomic E-state index is 13.5. The van der Waals surface area contributed by atoms with Gasteiger partial charge in [-0.1, -0.05) is 0 Å². The highest BCUT2D eigenvalue weighted by molar-refractivity contribution is 5.78. The van der Waals surface area contributed by atoms with E-state index >= 15 is 0 Å². The molecule has 0 saturated carbocycles. The van der Waals surface area contributed by atoms with Gasteiger partial charge in [0, 0.05) is 0 Å². The first-order valence-corrected chi connectivity index (χ1v) is 8.12. The molecule has 0 aliphatic rings. The Morgan fingerprint density at radius 1 is 0.300 bits per heavy atom. The molecule has 0 radical (unpaired) electrons. The Labute approximate surface area is 198 Å². The van der Waals surface area contributed by atoms with Crippen LogP contribution >= 0.6 is 0 Å². The predicted octanol–water partition coefficient (Wildman–Crippen LogP) is 8.03. The number of halogens is 26. The first-order chi connectivity index (χ1) is 16.7. The molecule has 40 heavy (non-hydrogen) atoms. The van der Waals surface area contributed by atoms with Crippen LogP contribution in [0, 0.1) is 0 Å². The standard InChI is InChI=1S/C13F26O/c14-1(40)2(15,16)4(18,19)6(22,23)8(26,27)10(30,31)11(32,33)9(28,29)7(24,25)5(20,21)3(17,12(34,35)36)13(37,38)39. The third-order valence-corrected chi connectivity index (χ3v) is 4.62. The molecule has 0 fully saturated rings. The molecule has 0 heterocycles. The Balaban J connectivity index is 7.52. The Hall–Kier alpha value is -2.15. The number of carbonyl (C=O) groups is 1. The van der Waals surface area contributed by atoms with Crippen LogP contribution in [0.2, 0.25) is 0 Å². The van der Waals surface area contributed by atoms with Gasteiger partial charge >= 0.3 is 77.4 Å². The van der Waals surface area contributed by atoms with Crippen molar-refractivity contribution in [2.75, 3.05) is 0 Å². The fourth-order valence-corrected chi connectivity index (χ4v) is 2.24. The number of hydrogen-bond acceptors (Lipinski definition) is 1. The normalized spacial score (nSPS) is 16.9. The van der Waals surface area contributed by atoms with Gasteiger partial charge in [-0.05, 0) is 0 Å². The van der Waals surface area contributed by atoms with Crippen molar-refractivity contribution in [3.05, 3.63) is 0 Å². The van der Waals surface area contributed by atoms with Crippen LogP contribution in [0.3, 0.4) is 0 Å². The largest absolute Gasteiger partial charge is 0.438 e. The number of hydrogen-bond donors (Lipinski definition) is 0. The van der Waals surface area contributed by atoms with Crippen molar-refractivity contribution in [1.82, 2.24) is 0 Å². The summed E-state index contributed by atoms with van der Waals surface area (Å²) in [5, 5.41) is 0. The van der Waals surface area contributed by atoms with Crippen LogP contribution in [0.1, 0.15) is 0 Å². The zero-order chi connectivity index (χ0) is 33.6. The number of rotatable bonds is 10. The molecule has 0 rings (SSSR count). The molecule has 1 nitrogen and oxygen atoms in total. The predicted molar refractivity (Wildman–Crippen MR) is 66.6 cm³/mol. The summed E-state index contributed by atoms with van der Waals surface area (Å²) in [5.41, 5.74) is -9.19. The van der Waals surface area contributed by atoms with E-state index in [0.29, 0.717) is 0 Å². The van der Waals surface area contributed by atoms with Gasteiger partial charge in [-0.15, -0.1) is 0 Å². The van der Waals surface area contributed by atoms with E-state index in [9.17, 15) is 119 Å². The van der Waals surface area contributed by atoms with Crippen LogP contribution in [0.5, 0.6) is 0 Å². The lowest BCUT2D eigenvalue weighted by Crippen LogP contribution is -2.79. The minimum Gasteiger partial charge on any atom is -0.254 e. The van der Waals surface area contributed by atoms with Crippen LogP contribution in [-0.2, 0) is 4.79 Å². The van der Waals surface area contributed by atoms with Crippen molar-refractivity contribution in [2.24, 2.45) is 0 Å². The molecule has 0 aliphatic heterocycles. The van der Waals surface area contributed by atoms with E-state index in [4.69, 9.17) is 0 Å². The van der Waals surface area contributed by atoms with E-state index in [1.54, 1.807) is 0 Å². The SMILES string of the molecule is O=C(F)C(F)(F)C(F)(F)C(F)(F)C(F)(F)C(F)(F)C(F)(F)C(F)(F)C(F)(F)C(F)(F)C(F)(C(F)(F)F)C(F)(F)F. The Morgan fingerprint density at radius 3 is 0.650 bits per heavy atom. The molecule has 0 saturated heterocycles. The molecule has 0 aromatic rings. The summed E-state index contributed by atoms with van der Waals surface area (Å²) < 4.78 is 338. The minimum absolute atomic E-state index is 5.18. The molecule has 0 spiro atoms. The zero-order valence-corrected chi connectivity index (χ0v) is 16.7. The van der Waals surface area contributed by atoms with Gasteiger partial charge < -0.3 is 0 Å². The summed E-state index contributed by atoms with van der Waals surface area (Å²) in [6, 6.07) is -5.18. The van der Waals surface area contributed by atoms with Gasteiger partial charge in [0.1, 0.15) is 0 Å². The average Bonchev–Trinajstić information content (AvgIpc) is 2.69. The van der Waals surface area contributed by atoms with Crippen molar-refractivity contribution in [1.29, 1.82) is 0 Å². The fraction of sp³-hybridized carbons (Fsp3) is 0.923. The van der Waals surface area contributed by atoms with Gasteiger partial charge in [0.05, 0.1) is 0 Å². The summed E-state index contributed by atoms with van der Waals surface area (Å²) >= 11 is 0. The molecule has 0 amide bonds. The van der Waals surface area contributed by atoms with Crippen LogP contribution in [-0.4, -0.2) is 77.4 Å². The van der Waals surface area contributed by atoms with E-state index in [1.165, 1.54) is 0 Å². The van der Waals surface area contributed by atoms with Gasteiger partial charge in [0.2, 0.25) is 0 Å². The average molecular weight is 666 g/mol. The van der Waals surface area contributed by atoms with Crippen molar-refractivity contribution >= 4 is 6.04 Å². The quantitative estimate of drug-likeness (QED) is 0.171. The van der Waals surface area contributed by atoms with E-state index < -0.39 is 77.4 Å².